The highest BCUT2D eigenvalue weighted by Gasteiger charge is 2.31. The molecule has 1 fully saturated rings. The van der Waals surface area contributed by atoms with Crippen LogP contribution in [-0.2, 0) is 16.0 Å². The first-order valence-electron chi connectivity index (χ1n) is 8.87. The maximum absolute atomic E-state index is 12.3. The predicted molar refractivity (Wildman–Crippen MR) is 99.3 cm³/mol. The van der Waals surface area contributed by atoms with Gasteiger partial charge in [-0.05, 0) is 29.1 Å². The fourth-order valence-electron chi connectivity index (χ4n) is 3.05. The third-order valence-electron chi connectivity index (χ3n) is 4.37. The van der Waals surface area contributed by atoms with Crippen LogP contribution in [0, 0.1) is 0 Å². The van der Waals surface area contributed by atoms with Gasteiger partial charge in [-0.25, -0.2) is 0 Å². The van der Waals surface area contributed by atoms with Crippen molar-refractivity contribution in [1.82, 2.24) is 10.2 Å². The van der Waals surface area contributed by atoms with Crippen LogP contribution in [0.2, 0.25) is 0 Å². The van der Waals surface area contributed by atoms with Gasteiger partial charge in [0.05, 0.1) is 25.7 Å². The molecule has 5 nitrogen and oxygen atoms in total. The molecule has 1 saturated heterocycles. The molecular weight excluding hydrogens is 393 g/mol. The number of carbonyl (C=O) groups excluding carboxylic acids is 1. The number of morpholine rings is 1. The van der Waals surface area contributed by atoms with Crippen LogP contribution in [-0.4, -0.2) is 50.0 Å². The summed E-state index contributed by atoms with van der Waals surface area (Å²) in [7, 11) is 0. The molecule has 1 N–H and O–H groups in total. The highest BCUT2D eigenvalue weighted by Crippen LogP contribution is 2.26. The second-order valence-electron chi connectivity index (χ2n) is 6.35. The number of nitrogens with zero attached hydrogens (tertiary/aromatic N) is 1. The number of halogens is 3. The maximum Gasteiger partial charge on any atom is 0.573 e. The number of benzene rings is 1. The summed E-state index contributed by atoms with van der Waals surface area (Å²) in [6.07, 6.45) is -4.64. The van der Waals surface area contributed by atoms with Crippen molar-refractivity contribution in [2.75, 3.05) is 32.8 Å². The zero-order valence-corrected chi connectivity index (χ0v) is 15.9. The first kappa shape index (κ1) is 20.6. The molecule has 0 aliphatic carbocycles. The van der Waals surface area contributed by atoms with Crippen molar-refractivity contribution < 1.29 is 27.4 Å². The Balaban J connectivity index is 1.54. The molecule has 1 aliphatic rings. The largest absolute Gasteiger partial charge is 0.573 e. The average molecular weight is 414 g/mol. The monoisotopic (exact) mass is 414 g/mol. The number of hydrogen-bond acceptors (Lipinski definition) is 5. The normalized spacial score (nSPS) is 16.5. The summed E-state index contributed by atoms with van der Waals surface area (Å²) < 4.78 is 45.8. The van der Waals surface area contributed by atoms with E-state index in [1.165, 1.54) is 29.1 Å². The molecule has 1 amide bonds. The van der Waals surface area contributed by atoms with Gasteiger partial charge in [-0.1, -0.05) is 18.2 Å². The lowest BCUT2D eigenvalue weighted by atomic mass is 10.1. The Morgan fingerprint density at radius 2 is 1.93 bits per heavy atom. The van der Waals surface area contributed by atoms with Crippen LogP contribution in [0.1, 0.15) is 16.5 Å². The van der Waals surface area contributed by atoms with Crippen LogP contribution in [0.4, 0.5) is 13.2 Å². The lowest BCUT2D eigenvalue weighted by Crippen LogP contribution is -2.43. The summed E-state index contributed by atoms with van der Waals surface area (Å²) in [5, 5.41) is 4.95. The molecule has 9 heteroatoms. The number of ether oxygens (including phenoxy) is 2. The molecule has 28 heavy (non-hydrogen) atoms. The lowest BCUT2D eigenvalue weighted by molar-refractivity contribution is -0.274. The molecule has 152 valence electrons. The highest BCUT2D eigenvalue weighted by atomic mass is 32.1. The summed E-state index contributed by atoms with van der Waals surface area (Å²) in [5.74, 6) is -0.485. The molecule has 0 saturated carbocycles. The zero-order valence-electron chi connectivity index (χ0n) is 15.1. The molecule has 1 aromatic heterocycles. The molecule has 0 radical (unpaired) electrons. The molecule has 1 atom stereocenters. The Morgan fingerprint density at radius 3 is 2.54 bits per heavy atom. The number of amides is 1. The Kier molecular flexibility index (Phi) is 6.93. The standard InChI is InChI=1S/C19H21F3N2O3S/c20-19(21,22)27-15-5-3-14(4-6-15)12-18(25)23-13-16(17-2-1-11-28-17)24-7-9-26-10-8-24/h1-6,11,16H,7-10,12-13H2,(H,23,25)/t16-/m0/s1. The van der Waals surface area contributed by atoms with Crippen molar-refractivity contribution in [3.63, 3.8) is 0 Å². The van der Waals surface area contributed by atoms with Gasteiger partial charge < -0.3 is 14.8 Å². The van der Waals surface area contributed by atoms with E-state index in [1.807, 2.05) is 11.4 Å². The Labute approximate surface area is 165 Å². The topological polar surface area (TPSA) is 50.8 Å². The molecule has 0 unspecified atom stereocenters. The summed E-state index contributed by atoms with van der Waals surface area (Å²) in [6, 6.07) is 9.45. The second kappa shape index (κ2) is 9.40. The quantitative estimate of drug-likeness (QED) is 0.755. The van der Waals surface area contributed by atoms with Crippen molar-refractivity contribution in [2.45, 2.75) is 18.8 Å². The van der Waals surface area contributed by atoms with Crippen molar-refractivity contribution in [3.05, 3.63) is 52.2 Å². The van der Waals surface area contributed by atoms with Crippen LogP contribution in [0.5, 0.6) is 5.75 Å². The van der Waals surface area contributed by atoms with Gasteiger partial charge in [-0.3, -0.25) is 9.69 Å². The van der Waals surface area contributed by atoms with Crippen molar-refractivity contribution in [3.8, 4) is 5.75 Å². The van der Waals surface area contributed by atoms with Gasteiger partial charge in [0.2, 0.25) is 5.91 Å². The second-order valence-corrected chi connectivity index (χ2v) is 7.33. The molecule has 3 rings (SSSR count). The average Bonchev–Trinajstić information content (AvgIpc) is 3.18. The molecule has 1 aliphatic heterocycles. The van der Waals surface area contributed by atoms with Crippen LogP contribution in [0.3, 0.4) is 0 Å². The number of rotatable bonds is 7. The van der Waals surface area contributed by atoms with Crippen LogP contribution >= 0.6 is 11.3 Å². The molecule has 2 heterocycles. The number of alkyl halides is 3. The van der Waals surface area contributed by atoms with E-state index in [0.29, 0.717) is 25.3 Å². The number of hydrogen-bond donors (Lipinski definition) is 1. The van der Waals surface area contributed by atoms with Crippen LogP contribution < -0.4 is 10.1 Å². The minimum Gasteiger partial charge on any atom is -0.406 e. The summed E-state index contributed by atoms with van der Waals surface area (Å²) >= 11 is 1.65. The first-order chi connectivity index (χ1) is 13.4. The molecular formula is C19H21F3N2O3S. The Hall–Kier alpha value is -2.10. The van der Waals surface area contributed by atoms with Gasteiger partial charge in [0.1, 0.15) is 5.75 Å². The highest BCUT2D eigenvalue weighted by molar-refractivity contribution is 7.10. The Bertz CT molecular complexity index is 745. The molecule has 0 spiro atoms. The van der Waals surface area contributed by atoms with E-state index in [9.17, 15) is 18.0 Å². The SMILES string of the molecule is O=C(Cc1ccc(OC(F)(F)F)cc1)NC[C@@H](c1cccs1)N1CCOCC1. The maximum atomic E-state index is 12.3. The number of nitrogens with one attached hydrogen (secondary N) is 1. The van der Waals surface area contributed by atoms with Gasteiger partial charge in [0, 0.05) is 24.5 Å². The van der Waals surface area contributed by atoms with E-state index in [4.69, 9.17) is 4.74 Å². The number of thiophene rings is 1. The lowest BCUT2D eigenvalue weighted by Gasteiger charge is -2.34. The molecule has 1 aromatic carbocycles. The summed E-state index contributed by atoms with van der Waals surface area (Å²) in [6.45, 7) is 3.41. The van der Waals surface area contributed by atoms with E-state index >= 15 is 0 Å². The van der Waals surface area contributed by atoms with Gasteiger partial charge in [0.15, 0.2) is 0 Å². The third kappa shape index (κ3) is 6.22. The van der Waals surface area contributed by atoms with E-state index in [-0.39, 0.29) is 24.1 Å². The molecule has 2 aromatic rings. The van der Waals surface area contributed by atoms with Gasteiger partial charge in [-0.15, -0.1) is 24.5 Å². The first-order valence-corrected chi connectivity index (χ1v) is 9.75. The third-order valence-corrected chi connectivity index (χ3v) is 5.35. The van der Waals surface area contributed by atoms with Gasteiger partial charge in [0.25, 0.3) is 0 Å². The van der Waals surface area contributed by atoms with Crippen LogP contribution in [0.15, 0.2) is 41.8 Å². The zero-order chi connectivity index (χ0) is 20.0. The minimum absolute atomic E-state index is 0.0791. The predicted octanol–water partition coefficient (Wildman–Crippen LogP) is 3.38. The fourth-order valence-corrected chi connectivity index (χ4v) is 3.91. The van der Waals surface area contributed by atoms with E-state index in [2.05, 4.69) is 21.0 Å². The summed E-state index contributed by atoms with van der Waals surface area (Å²) in [4.78, 5) is 15.8. The van der Waals surface area contributed by atoms with Crippen LogP contribution in [0.25, 0.3) is 0 Å². The molecule has 0 bridgehead atoms. The van der Waals surface area contributed by atoms with Gasteiger partial charge >= 0.3 is 6.36 Å². The van der Waals surface area contributed by atoms with Crippen molar-refractivity contribution in [1.29, 1.82) is 0 Å². The fraction of sp³-hybridized carbons (Fsp3) is 0.421. The van der Waals surface area contributed by atoms with E-state index < -0.39 is 6.36 Å². The van der Waals surface area contributed by atoms with E-state index in [1.54, 1.807) is 11.3 Å². The smallest absolute Gasteiger partial charge is 0.406 e. The van der Waals surface area contributed by atoms with Crippen molar-refractivity contribution >= 4 is 17.2 Å². The minimum atomic E-state index is -4.73. The Morgan fingerprint density at radius 1 is 1.21 bits per heavy atom. The summed E-state index contributed by atoms with van der Waals surface area (Å²) in [5.41, 5.74) is 0.617. The van der Waals surface area contributed by atoms with E-state index in [0.717, 1.165) is 13.1 Å². The van der Waals surface area contributed by atoms with Gasteiger partial charge in [-0.2, -0.15) is 0 Å². The van der Waals surface area contributed by atoms with Crippen molar-refractivity contribution in [2.24, 2.45) is 0 Å². The number of carbonyl (C=O) groups is 1.